The summed E-state index contributed by atoms with van der Waals surface area (Å²) in [6.45, 7) is -0.129. The lowest BCUT2D eigenvalue weighted by atomic mass is 9.99. The summed E-state index contributed by atoms with van der Waals surface area (Å²) < 4.78 is 1.95. The zero-order valence-electron chi connectivity index (χ0n) is 13.9. The number of aliphatic carboxylic acids is 1. The molecule has 2 aliphatic rings. The fraction of sp³-hybridized carbons (Fsp3) is 0.385. The standard InChI is InChI=1S/C13H12N8O4S3/c22-7(1-20-4-14-18-19-20)16-8-10(23)21-9(12(24)25)6(2-26-11(8)21)3-27-13-17-15-5-28-13/h2,4-5,8-9,11H,1,3H2,(H,16,22)(H,24,25)/t8-,9?,11-/m1/s1. The molecule has 0 bridgehead atoms. The van der Waals surface area contributed by atoms with Gasteiger partial charge in [0.05, 0.1) is 0 Å². The van der Waals surface area contributed by atoms with Gasteiger partial charge in [-0.1, -0.05) is 23.1 Å². The topological polar surface area (TPSA) is 156 Å². The minimum Gasteiger partial charge on any atom is -0.479 e. The van der Waals surface area contributed by atoms with Crippen molar-refractivity contribution in [2.75, 3.05) is 5.75 Å². The second-order valence-corrected chi connectivity index (χ2v) is 8.80. The molecule has 146 valence electrons. The molecule has 12 nitrogen and oxygen atoms in total. The molecule has 4 rings (SSSR count). The third-order valence-corrected chi connectivity index (χ3v) is 7.17. The van der Waals surface area contributed by atoms with Gasteiger partial charge in [-0.2, -0.15) is 0 Å². The van der Waals surface area contributed by atoms with Crippen molar-refractivity contribution in [1.82, 2.24) is 40.6 Å². The fourth-order valence-corrected chi connectivity index (χ4v) is 5.64. The molecule has 15 heteroatoms. The van der Waals surface area contributed by atoms with Gasteiger partial charge in [0.1, 0.15) is 29.8 Å². The van der Waals surface area contributed by atoms with Gasteiger partial charge in [0.15, 0.2) is 10.4 Å². The van der Waals surface area contributed by atoms with Crippen molar-refractivity contribution in [3.8, 4) is 0 Å². The van der Waals surface area contributed by atoms with Crippen LogP contribution < -0.4 is 5.32 Å². The summed E-state index contributed by atoms with van der Waals surface area (Å²) in [5, 5.41) is 31.7. The highest BCUT2D eigenvalue weighted by atomic mass is 32.2. The molecular weight excluding hydrogens is 428 g/mol. The van der Waals surface area contributed by atoms with Gasteiger partial charge < -0.3 is 15.3 Å². The largest absolute Gasteiger partial charge is 0.479 e. The molecule has 3 atom stereocenters. The maximum atomic E-state index is 12.6. The first-order chi connectivity index (χ1) is 13.5. The van der Waals surface area contributed by atoms with Gasteiger partial charge in [0, 0.05) is 5.75 Å². The van der Waals surface area contributed by atoms with Crippen molar-refractivity contribution >= 4 is 52.6 Å². The summed E-state index contributed by atoms with van der Waals surface area (Å²) in [5.41, 5.74) is 2.19. The Labute approximate surface area is 169 Å². The normalized spacial score (nSPS) is 23.6. The highest BCUT2D eigenvalue weighted by molar-refractivity contribution is 8.03. The minimum atomic E-state index is -1.11. The number of aromatic nitrogens is 6. The van der Waals surface area contributed by atoms with Gasteiger partial charge in [0.2, 0.25) is 11.8 Å². The number of rotatable bonds is 7. The van der Waals surface area contributed by atoms with E-state index in [1.807, 2.05) is 0 Å². The fourth-order valence-electron chi connectivity index (χ4n) is 2.82. The van der Waals surface area contributed by atoms with Crippen LogP contribution in [0.2, 0.25) is 0 Å². The van der Waals surface area contributed by atoms with E-state index in [0.717, 1.165) is 4.34 Å². The number of carboxylic acid groups (broad SMARTS) is 1. The number of β-lactam (4-membered cyclic amide) rings is 1. The minimum absolute atomic E-state index is 0.129. The molecule has 0 radical (unpaired) electrons. The van der Waals surface area contributed by atoms with E-state index in [4.69, 9.17) is 0 Å². The van der Waals surface area contributed by atoms with E-state index in [2.05, 4.69) is 31.0 Å². The lowest BCUT2D eigenvalue weighted by Gasteiger charge is -2.51. The third kappa shape index (κ3) is 3.59. The molecule has 28 heavy (non-hydrogen) atoms. The van der Waals surface area contributed by atoms with E-state index in [1.54, 1.807) is 10.9 Å². The Kier molecular flexibility index (Phi) is 5.27. The molecule has 2 aliphatic heterocycles. The number of carbonyl (C=O) groups excluding carboxylic acids is 2. The molecule has 4 heterocycles. The Balaban J connectivity index is 1.42. The number of amides is 2. The first-order valence-corrected chi connectivity index (χ1v) is 10.6. The van der Waals surface area contributed by atoms with Crippen LogP contribution in [-0.2, 0) is 20.9 Å². The molecule has 0 aromatic carbocycles. The zero-order chi connectivity index (χ0) is 19.7. The number of nitrogens with one attached hydrogen (secondary N) is 1. The highest BCUT2D eigenvalue weighted by Crippen LogP contribution is 2.41. The van der Waals surface area contributed by atoms with Crippen molar-refractivity contribution in [1.29, 1.82) is 0 Å². The van der Waals surface area contributed by atoms with E-state index >= 15 is 0 Å². The predicted molar refractivity (Wildman–Crippen MR) is 98.1 cm³/mol. The molecule has 0 aliphatic carbocycles. The summed E-state index contributed by atoms with van der Waals surface area (Å²) in [7, 11) is 0. The number of nitrogens with zero attached hydrogens (tertiary/aromatic N) is 7. The molecule has 0 saturated carbocycles. The third-order valence-electron chi connectivity index (χ3n) is 4.02. The highest BCUT2D eigenvalue weighted by Gasteiger charge is 2.55. The first kappa shape index (κ1) is 18.8. The molecular formula is C13H12N8O4S3. The average Bonchev–Trinajstić information content (AvgIpc) is 3.37. The number of fused-ring (bicyclic) bond motifs is 1. The van der Waals surface area contributed by atoms with E-state index in [0.29, 0.717) is 11.3 Å². The Bertz CT molecular complexity index is 918. The van der Waals surface area contributed by atoms with E-state index < -0.39 is 35.2 Å². The molecule has 1 fully saturated rings. The second kappa shape index (κ2) is 7.84. The lowest BCUT2D eigenvalue weighted by molar-refractivity contribution is -0.160. The van der Waals surface area contributed by atoms with E-state index in [9.17, 15) is 19.5 Å². The molecule has 2 aromatic rings. The summed E-state index contributed by atoms with van der Waals surface area (Å²) in [5.74, 6) is -1.59. The molecule has 2 aromatic heterocycles. The van der Waals surface area contributed by atoms with Crippen LogP contribution in [0.25, 0.3) is 0 Å². The van der Waals surface area contributed by atoms with Crippen molar-refractivity contribution in [3.05, 3.63) is 22.8 Å². The van der Waals surface area contributed by atoms with E-state index in [-0.39, 0.29) is 6.54 Å². The molecule has 2 N–H and O–H groups in total. The molecule has 0 spiro atoms. The van der Waals surface area contributed by atoms with Crippen LogP contribution in [-0.4, -0.2) is 81.4 Å². The summed E-state index contributed by atoms with van der Waals surface area (Å²) in [6, 6.07) is -1.85. The average molecular weight is 440 g/mol. The van der Waals surface area contributed by atoms with Gasteiger partial charge >= 0.3 is 5.97 Å². The maximum Gasteiger partial charge on any atom is 0.330 e. The van der Waals surface area contributed by atoms with Crippen molar-refractivity contribution < 1.29 is 19.5 Å². The van der Waals surface area contributed by atoms with Crippen molar-refractivity contribution in [2.45, 2.75) is 28.3 Å². The van der Waals surface area contributed by atoms with Gasteiger partial charge in [-0.15, -0.1) is 27.1 Å². The van der Waals surface area contributed by atoms with Gasteiger partial charge in [-0.3, -0.25) is 9.59 Å². The maximum absolute atomic E-state index is 12.6. The SMILES string of the molecule is O=C(Cn1cnnn1)N[C@@H]1C(=O)N2C(C(=O)O)C(CSc3nncs3)=CS[C@H]12. The van der Waals surface area contributed by atoms with Crippen LogP contribution in [0.4, 0.5) is 0 Å². The second-order valence-electron chi connectivity index (χ2n) is 5.75. The lowest BCUT2D eigenvalue weighted by Crippen LogP contribution is -2.74. The number of tetrazole rings is 1. The summed E-state index contributed by atoms with van der Waals surface area (Å²) >= 11 is 4.04. The Morgan fingerprint density at radius 2 is 2.21 bits per heavy atom. The Hall–Kier alpha value is -2.52. The van der Waals surface area contributed by atoms with Crippen LogP contribution >= 0.6 is 34.9 Å². The van der Waals surface area contributed by atoms with Crippen LogP contribution in [0, 0.1) is 0 Å². The van der Waals surface area contributed by atoms with Crippen LogP contribution in [0.1, 0.15) is 0 Å². The van der Waals surface area contributed by atoms with Gasteiger partial charge in [-0.05, 0) is 21.4 Å². The molecule has 1 saturated heterocycles. The number of carbonyl (C=O) groups is 3. The number of hydrogen-bond acceptors (Lipinski definition) is 11. The van der Waals surface area contributed by atoms with Crippen LogP contribution in [0.15, 0.2) is 27.2 Å². The number of carboxylic acids is 1. The number of thioether (sulfide) groups is 2. The smallest absolute Gasteiger partial charge is 0.330 e. The first-order valence-electron chi connectivity index (χ1n) is 7.83. The number of hydrogen-bond donors (Lipinski definition) is 2. The van der Waals surface area contributed by atoms with Crippen molar-refractivity contribution in [2.24, 2.45) is 0 Å². The van der Waals surface area contributed by atoms with Crippen LogP contribution in [0.5, 0.6) is 0 Å². The van der Waals surface area contributed by atoms with Gasteiger partial charge in [0.25, 0.3) is 0 Å². The molecule has 1 unspecified atom stereocenters. The van der Waals surface area contributed by atoms with Gasteiger partial charge in [-0.25, -0.2) is 9.48 Å². The Morgan fingerprint density at radius 3 is 2.89 bits per heavy atom. The summed E-state index contributed by atoms with van der Waals surface area (Å²) in [4.78, 5) is 37.8. The molecule has 2 amide bonds. The zero-order valence-corrected chi connectivity index (χ0v) is 16.4. The predicted octanol–water partition coefficient (Wildman–Crippen LogP) is -0.946. The van der Waals surface area contributed by atoms with E-state index in [1.165, 1.54) is 50.8 Å². The summed E-state index contributed by atoms with van der Waals surface area (Å²) in [6.07, 6.45) is 1.29. The quantitative estimate of drug-likeness (QED) is 0.404. The van der Waals surface area contributed by atoms with Crippen molar-refractivity contribution in [3.63, 3.8) is 0 Å². The Morgan fingerprint density at radius 1 is 1.36 bits per heavy atom. The van der Waals surface area contributed by atoms with Crippen LogP contribution in [0.3, 0.4) is 0 Å². The monoisotopic (exact) mass is 440 g/mol.